The summed E-state index contributed by atoms with van der Waals surface area (Å²) in [5.41, 5.74) is 0.502. The molecule has 0 unspecified atom stereocenters. The average Bonchev–Trinajstić information content (AvgIpc) is 2.50. The molecular formula is C17H9ClF2O. The van der Waals surface area contributed by atoms with E-state index in [9.17, 15) is 13.6 Å². The lowest BCUT2D eigenvalue weighted by Crippen LogP contribution is -2.03. The third-order valence-electron chi connectivity index (χ3n) is 3.30. The number of carbonyl (C=O) groups excluding carboxylic acids is 1. The van der Waals surface area contributed by atoms with Gasteiger partial charge in [0.05, 0.1) is 0 Å². The minimum Gasteiger partial charge on any atom is -0.289 e. The van der Waals surface area contributed by atoms with E-state index in [0.717, 1.165) is 17.5 Å². The highest BCUT2D eigenvalue weighted by Gasteiger charge is 2.15. The third-order valence-corrected chi connectivity index (χ3v) is 3.63. The van der Waals surface area contributed by atoms with Gasteiger partial charge in [0.25, 0.3) is 0 Å². The summed E-state index contributed by atoms with van der Waals surface area (Å²) in [6.07, 6.45) is 0. The summed E-state index contributed by atoms with van der Waals surface area (Å²) in [5.74, 6) is -2.40. The zero-order valence-electron chi connectivity index (χ0n) is 10.7. The van der Waals surface area contributed by atoms with Gasteiger partial charge in [-0.05, 0) is 35.7 Å². The number of halogens is 3. The van der Waals surface area contributed by atoms with Crippen molar-refractivity contribution in [2.75, 3.05) is 0 Å². The fraction of sp³-hybridized carbons (Fsp3) is 0. The molecule has 0 atom stereocenters. The minimum absolute atomic E-state index is 0.0985. The van der Waals surface area contributed by atoms with Crippen molar-refractivity contribution < 1.29 is 13.6 Å². The first-order valence-electron chi connectivity index (χ1n) is 6.25. The highest BCUT2D eigenvalue weighted by Crippen LogP contribution is 2.28. The van der Waals surface area contributed by atoms with Gasteiger partial charge < -0.3 is 0 Å². The Morgan fingerprint density at radius 3 is 2.29 bits per heavy atom. The Labute approximate surface area is 124 Å². The summed E-state index contributed by atoms with van der Waals surface area (Å²) in [6, 6.07) is 13.5. The molecule has 0 aromatic heterocycles. The summed E-state index contributed by atoms with van der Waals surface area (Å²) < 4.78 is 26.3. The lowest BCUT2D eigenvalue weighted by Gasteiger charge is -2.07. The summed E-state index contributed by atoms with van der Waals surface area (Å²) >= 11 is 6.10. The SMILES string of the molecule is O=C(c1ccc(F)c(F)c1)c1ccc(Cl)c2ccccc12. The van der Waals surface area contributed by atoms with Crippen molar-refractivity contribution >= 4 is 28.2 Å². The Hall–Kier alpha value is -2.26. The van der Waals surface area contributed by atoms with Crippen molar-refractivity contribution in [1.29, 1.82) is 0 Å². The van der Waals surface area contributed by atoms with Gasteiger partial charge >= 0.3 is 0 Å². The Bertz CT molecular complexity index is 859. The fourth-order valence-electron chi connectivity index (χ4n) is 2.25. The number of benzene rings is 3. The molecule has 3 aromatic rings. The standard InChI is InChI=1S/C17H9ClF2O/c18-14-7-6-13(11-3-1-2-4-12(11)14)17(21)10-5-8-15(19)16(20)9-10/h1-9H. The number of rotatable bonds is 2. The molecule has 0 aliphatic rings. The number of hydrogen-bond donors (Lipinski definition) is 0. The molecule has 0 amide bonds. The Morgan fingerprint density at radius 1 is 0.857 bits per heavy atom. The van der Waals surface area contributed by atoms with Crippen molar-refractivity contribution in [1.82, 2.24) is 0 Å². The summed E-state index contributed by atoms with van der Waals surface area (Å²) in [4.78, 5) is 12.5. The molecule has 0 saturated heterocycles. The van der Waals surface area contributed by atoms with Crippen LogP contribution in [0.2, 0.25) is 5.02 Å². The molecule has 0 aliphatic carbocycles. The quantitative estimate of drug-likeness (QED) is 0.609. The Kier molecular flexibility index (Phi) is 3.43. The van der Waals surface area contributed by atoms with Gasteiger partial charge in [0, 0.05) is 21.5 Å². The first kappa shape index (κ1) is 13.7. The topological polar surface area (TPSA) is 17.1 Å². The molecule has 0 N–H and O–H groups in total. The third kappa shape index (κ3) is 2.41. The normalized spacial score (nSPS) is 10.8. The lowest BCUT2D eigenvalue weighted by atomic mass is 9.97. The molecule has 0 radical (unpaired) electrons. The molecule has 0 saturated carbocycles. The molecule has 0 aliphatic heterocycles. The molecule has 21 heavy (non-hydrogen) atoms. The van der Waals surface area contributed by atoms with Crippen LogP contribution in [0.3, 0.4) is 0 Å². The number of hydrogen-bond acceptors (Lipinski definition) is 1. The monoisotopic (exact) mass is 302 g/mol. The highest BCUT2D eigenvalue weighted by atomic mass is 35.5. The number of fused-ring (bicyclic) bond motifs is 1. The van der Waals surface area contributed by atoms with Crippen LogP contribution in [0.5, 0.6) is 0 Å². The smallest absolute Gasteiger partial charge is 0.193 e. The first-order valence-corrected chi connectivity index (χ1v) is 6.63. The summed E-state index contributed by atoms with van der Waals surface area (Å²) in [5, 5.41) is 1.96. The van der Waals surface area contributed by atoms with Crippen LogP contribution < -0.4 is 0 Å². The van der Waals surface area contributed by atoms with Gasteiger partial charge in [-0.1, -0.05) is 35.9 Å². The van der Waals surface area contributed by atoms with E-state index in [4.69, 9.17) is 11.6 Å². The summed E-state index contributed by atoms with van der Waals surface area (Å²) in [7, 11) is 0. The highest BCUT2D eigenvalue weighted by molar-refractivity contribution is 6.36. The molecule has 0 fully saturated rings. The van der Waals surface area contributed by atoms with Gasteiger partial charge in [0.2, 0.25) is 0 Å². The van der Waals surface area contributed by atoms with Gasteiger partial charge in [-0.15, -0.1) is 0 Å². The van der Waals surface area contributed by atoms with Crippen molar-refractivity contribution in [3.8, 4) is 0 Å². The second kappa shape index (κ2) is 5.26. The van der Waals surface area contributed by atoms with Crippen molar-refractivity contribution in [2.45, 2.75) is 0 Å². The largest absolute Gasteiger partial charge is 0.289 e. The predicted octanol–water partition coefficient (Wildman–Crippen LogP) is 5.00. The van der Waals surface area contributed by atoms with E-state index in [0.29, 0.717) is 16.0 Å². The number of carbonyl (C=O) groups is 1. The molecule has 4 heteroatoms. The Morgan fingerprint density at radius 2 is 1.57 bits per heavy atom. The second-order valence-corrected chi connectivity index (χ2v) is 5.01. The van der Waals surface area contributed by atoms with Crippen LogP contribution in [-0.4, -0.2) is 5.78 Å². The van der Waals surface area contributed by atoms with Crippen molar-refractivity contribution in [2.24, 2.45) is 0 Å². The van der Waals surface area contributed by atoms with E-state index < -0.39 is 11.6 Å². The van der Waals surface area contributed by atoms with E-state index in [2.05, 4.69) is 0 Å². The van der Waals surface area contributed by atoms with Crippen LogP contribution >= 0.6 is 11.6 Å². The van der Waals surface area contributed by atoms with Crippen LogP contribution in [-0.2, 0) is 0 Å². The zero-order valence-corrected chi connectivity index (χ0v) is 11.5. The van der Waals surface area contributed by atoms with E-state index in [1.807, 2.05) is 6.07 Å². The van der Waals surface area contributed by atoms with Crippen molar-refractivity contribution in [3.63, 3.8) is 0 Å². The molecule has 104 valence electrons. The van der Waals surface area contributed by atoms with Crippen molar-refractivity contribution in [3.05, 3.63) is 82.4 Å². The molecule has 1 nitrogen and oxygen atoms in total. The molecule has 0 spiro atoms. The van der Waals surface area contributed by atoms with Crippen LogP contribution in [0, 0.1) is 11.6 Å². The molecule has 3 rings (SSSR count). The predicted molar refractivity (Wildman–Crippen MR) is 78.7 cm³/mol. The maximum atomic E-state index is 13.3. The van der Waals surface area contributed by atoms with Gasteiger partial charge in [0.1, 0.15) is 0 Å². The first-order chi connectivity index (χ1) is 10.1. The van der Waals surface area contributed by atoms with Crippen LogP contribution in [0.1, 0.15) is 15.9 Å². The van der Waals surface area contributed by atoms with E-state index in [1.165, 1.54) is 6.07 Å². The maximum Gasteiger partial charge on any atom is 0.193 e. The molecular weight excluding hydrogens is 294 g/mol. The van der Waals surface area contributed by atoms with Gasteiger partial charge in [0.15, 0.2) is 17.4 Å². The summed E-state index contributed by atoms with van der Waals surface area (Å²) in [6.45, 7) is 0. The lowest BCUT2D eigenvalue weighted by molar-refractivity contribution is 0.104. The van der Waals surface area contributed by atoms with Crippen LogP contribution in [0.25, 0.3) is 10.8 Å². The van der Waals surface area contributed by atoms with Crippen LogP contribution in [0.4, 0.5) is 8.78 Å². The van der Waals surface area contributed by atoms with E-state index >= 15 is 0 Å². The second-order valence-electron chi connectivity index (χ2n) is 4.60. The van der Waals surface area contributed by atoms with Gasteiger partial charge in [-0.25, -0.2) is 8.78 Å². The molecule has 0 bridgehead atoms. The zero-order chi connectivity index (χ0) is 15.0. The average molecular weight is 303 g/mol. The maximum absolute atomic E-state index is 13.3. The molecule has 3 aromatic carbocycles. The van der Waals surface area contributed by atoms with E-state index in [1.54, 1.807) is 30.3 Å². The van der Waals surface area contributed by atoms with Gasteiger partial charge in [-0.3, -0.25) is 4.79 Å². The van der Waals surface area contributed by atoms with Crippen LogP contribution in [0.15, 0.2) is 54.6 Å². The Balaban J connectivity index is 2.18. The van der Waals surface area contributed by atoms with E-state index in [-0.39, 0.29) is 11.3 Å². The minimum atomic E-state index is -1.04. The number of ketones is 1. The van der Waals surface area contributed by atoms with Gasteiger partial charge in [-0.2, -0.15) is 0 Å². The fourth-order valence-corrected chi connectivity index (χ4v) is 2.48. The molecule has 0 heterocycles.